The third-order valence-electron chi connectivity index (χ3n) is 2.45. The first-order valence-corrected chi connectivity index (χ1v) is 8.17. The third kappa shape index (κ3) is 8.40. The lowest BCUT2D eigenvalue weighted by Gasteiger charge is -2.25. The molecule has 0 heterocycles. The molecular weight excluding hydrogens is 265 g/mol. The smallest absolute Gasteiger partial charge is 0.333 e. The summed E-state index contributed by atoms with van der Waals surface area (Å²) in [5.74, 6) is -0.00416. The van der Waals surface area contributed by atoms with Crippen LogP contribution in [0.5, 0.6) is 0 Å². The highest BCUT2D eigenvalue weighted by Gasteiger charge is 2.35. The average molecular weight is 293 g/mol. The zero-order chi connectivity index (χ0) is 15.3. The maximum absolute atomic E-state index is 11.8. The van der Waals surface area contributed by atoms with Crippen LogP contribution in [0.3, 0.4) is 0 Å². The number of rotatable bonds is 6. The van der Waals surface area contributed by atoms with Crippen LogP contribution < -0.4 is 5.32 Å². The highest BCUT2D eigenvalue weighted by molar-refractivity contribution is 7.54. The molecule has 114 valence electrons. The number of hydrogen-bond acceptors (Lipinski definition) is 3. The molecule has 0 fully saturated rings. The zero-order valence-corrected chi connectivity index (χ0v) is 13.8. The van der Waals surface area contributed by atoms with Crippen LogP contribution >= 0.6 is 7.60 Å². The lowest BCUT2D eigenvalue weighted by molar-refractivity contribution is -0.122. The van der Waals surface area contributed by atoms with Crippen molar-refractivity contribution in [1.29, 1.82) is 0 Å². The van der Waals surface area contributed by atoms with Crippen molar-refractivity contribution in [2.24, 2.45) is 5.41 Å². The summed E-state index contributed by atoms with van der Waals surface area (Å²) in [5.41, 5.74) is -0.0341. The zero-order valence-electron chi connectivity index (χ0n) is 12.9. The second kappa shape index (κ2) is 6.87. The first-order valence-electron chi connectivity index (χ1n) is 6.59. The monoisotopic (exact) mass is 293 g/mol. The van der Waals surface area contributed by atoms with E-state index in [0.717, 1.165) is 0 Å². The van der Waals surface area contributed by atoms with Crippen molar-refractivity contribution in [3.05, 3.63) is 0 Å². The van der Waals surface area contributed by atoms with Crippen molar-refractivity contribution in [2.45, 2.75) is 59.5 Å². The van der Waals surface area contributed by atoms with Crippen molar-refractivity contribution in [1.82, 2.24) is 5.32 Å². The first kappa shape index (κ1) is 18.6. The quantitative estimate of drug-likeness (QED) is 0.583. The molecule has 0 saturated heterocycles. The molecule has 0 aromatic heterocycles. The minimum absolute atomic E-state index is 0.00416. The van der Waals surface area contributed by atoms with Gasteiger partial charge in [0.15, 0.2) is 0 Å². The van der Waals surface area contributed by atoms with E-state index in [1.165, 1.54) is 0 Å². The lowest BCUT2D eigenvalue weighted by Crippen LogP contribution is -2.29. The van der Waals surface area contributed by atoms with Crippen molar-refractivity contribution in [3.63, 3.8) is 0 Å². The number of carbonyl (C=O) groups is 1. The van der Waals surface area contributed by atoms with Crippen LogP contribution in [-0.4, -0.2) is 29.1 Å². The van der Waals surface area contributed by atoms with Crippen LogP contribution in [0.2, 0.25) is 0 Å². The van der Waals surface area contributed by atoms with Crippen molar-refractivity contribution >= 4 is 13.5 Å². The van der Waals surface area contributed by atoms with Crippen LogP contribution in [0.1, 0.15) is 54.4 Å². The largest absolute Gasteiger partial charge is 0.356 e. The summed E-state index contributed by atoms with van der Waals surface area (Å²) in [5, 5.41) is 2.00. The molecule has 1 unspecified atom stereocenters. The van der Waals surface area contributed by atoms with Gasteiger partial charge in [0.2, 0.25) is 5.91 Å². The van der Waals surface area contributed by atoms with Gasteiger partial charge in [-0.05, 0) is 32.6 Å². The van der Waals surface area contributed by atoms with Gasteiger partial charge in [0.05, 0.1) is 11.8 Å². The molecule has 0 bridgehead atoms. The van der Waals surface area contributed by atoms with E-state index in [0.29, 0.717) is 19.4 Å². The topological polar surface area (TPSA) is 75.6 Å². The summed E-state index contributed by atoms with van der Waals surface area (Å²) >= 11 is 0. The highest BCUT2D eigenvalue weighted by Crippen LogP contribution is 2.54. The van der Waals surface area contributed by atoms with Gasteiger partial charge in [0.25, 0.3) is 0 Å². The maximum atomic E-state index is 11.8. The van der Waals surface area contributed by atoms with E-state index in [2.05, 4.69) is 5.32 Å². The van der Waals surface area contributed by atoms with E-state index in [1.54, 1.807) is 20.8 Å². The van der Waals surface area contributed by atoms with Crippen LogP contribution in [0.4, 0.5) is 0 Å². The lowest BCUT2D eigenvalue weighted by atomic mass is 9.92. The van der Waals surface area contributed by atoms with Gasteiger partial charge in [0, 0.05) is 13.0 Å². The van der Waals surface area contributed by atoms with Gasteiger partial charge in [-0.15, -0.1) is 0 Å². The predicted molar refractivity (Wildman–Crippen MR) is 77.2 cm³/mol. The number of carbonyl (C=O) groups excluding carboxylic acids is 1. The molecule has 5 nitrogen and oxygen atoms in total. The molecule has 0 spiro atoms. The molecule has 0 saturated carbocycles. The predicted octanol–water partition coefficient (Wildman–Crippen LogP) is 2.93. The molecule has 0 aromatic rings. The molecular formula is C13H28NO4P. The van der Waals surface area contributed by atoms with E-state index >= 15 is 0 Å². The molecule has 1 amide bonds. The van der Waals surface area contributed by atoms with Gasteiger partial charge in [-0.1, -0.05) is 20.8 Å². The van der Waals surface area contributed by atoms with Gasteiger partial charge >= 0.3 is 7.60 Å². The number of nitrogens with one attached hydrogen (secondary N) is 1. The fourth-order valence-electron chi connectivity index (χ4n) is 1.23. The first-order chi connectivity index (χ1) is 8.35. The molecule has 6 heteroatoms. The summed E-state index contributed by atoms with van der Waals surface area (Å²) in [7, 11) is -3.59. The molecule has 0 radical (unpaired) electrons. The molecule has 1 atom stereocenters. The van der Waals surface area contributed by atoms with Gasteiger partial charge in [-0.25, -0.2) is 0 Å². The highest BCUT2D eigenvalue weighted by atomic mass is 31.2. The Morgan fingerprint density at radius 2 is 1.74 bits per heavy atom. The average Bonchev–Trinajstić information content (AvgIpc) is 2.11. The van der Waals surface area contributed by atoms with Crippen LogP contribution in [0.15, 0.2) is 0 Å². The Morgan fingerprint density at radius 1 is 1.21 bits per heavy atom. The second-order valence-corrected chi connectivity index (χ2v) is 9.61. The Morgan fingerprint density at radius 3 is 2.16 bits per heavy atom. The fraction of sp³-hybridized carbons (Fsp3) is 0.923. The van der Waals surface area contributed by atoms with E-state index < -0.39 is 12.8 Å². The summed E-state index contributed by atoms with van der Waals surface area (Å²) in [6.45, 7) is 11.6. The Bertz CT molecular complexity index is 342. The van der Waals surface area contributed by atoms with E-state index in [-0.39, 0.29) is 17.9 Å². The molecule has 19 heavy (non-hydrogen) atoms. The van der Waals surface area contributed by atoms with Crippen molar-refractivity contribution in [2.75, 3.05) is 13.2 Å². The molecule has 0 aromatic carbocycles. The normalized spacial score (nSPS) is 15.9. The fourth-order valence-corrected chi connectivity index (χ4v) is 1.99. The Balaban J connectivity index is 3.84. The number of amides is 1. The van der Waals surface area contributed by atoms with Gasteiger partial charge in [-0.2, -0.15) is 0 Å². The number of hydrogen-bond donors (Lipinski definition) is 2. The van der Waals surface area contributed by atoms with E-state index in [4.69, 9.17) is 4.52 Å². The summed E-state index contributed by atoms with van der Waals surface area (Å²) < 4.78 is 16.8. The maximum Gasteiger partial charge on any atom is 0.333 e. The summed E-state index contributed by atoms with van der Waals surface area (Å²) in [6.07, 6.45) is 0.991. The molecule has 2 N–H and O–H groups in total. The molecule has 0 aliphatic carbocycles. The van der Waals surface area contributed by atoms with Gasteiger partial charge in [-0.3, -0.25) is 9.36 Å². The van der Waals surface area contributed by atoms with Crippen molar-refractivity contribution < 1.29 is 18.8 Å². The Kier molecular flexibility index (Phi) is 6.73. The molecule has 0 rings (SSSR count). The van der Waals surface area contributed by atoms with Crippen LogP contribution in [-0.2, 0) is 13.9 Å². The van der Waals surface area contributed by atoms with Crippen molar-refractivity contribution in [3.8, 4) is 0 Å². The van der Waals surface area contributed by atoms with Crippen LogP contribution in [0.25, 0.3) is 0 Å². The van der Waals surface area contributed by atoms with E-state index in [9.17, 15) is 14.3 Å². The Labute approximate surface area is 116 Å². The SMILES string of the molecule is CC(C)(C)CC(=O)NCCCOP(=O)(O)C(C)(C)C. The third-order valence-corrected chi connectivity index (χ3v) is 4.68. The van der Waals surface area contributed by atoms with Gasteiger partial charge < -0.3 is 14.7 Å². The summed E-state index contributed by atoms with van der Waals surface area (Å²) in [6, 6.07) is 0. The molecule has 0 aliphatic rings. The Hall–Kier alpha value is -0.380. The molecule has 0 aliphatic heterocycles. The minimum Gasteiger partial charge on any atom is -0.356 e. The van der Waals surface area contributed by atoms with Crippen LogP contribution in [0, 0.1) is 5.41 Å². The van der Waals surface area contributed by atoms with Gasteiger partial charge in [0.1, 0.15) is 0 Å². The second-order valence-electron chi connectivity index (χ2n) is 6.97. The minimum atomic E-state index is -3.59. The standard InChI is InChI=1S/C13H28NO4P/c1-12(2,3)10-11(15)14-8-7-9-18-19(16,17)13(4,5)6/h7-10H2,1-6H3,(H,14,15)(H,16,17). The van der Waals surface area contributed by atoms with E-state index in [1.807, 2.05) is 20.8 Å². The summed E-state index contributed by atoms with van der Waals surface area (Å²) in [4.78, 5) is 21.2.